The molecule has 2 aromatic rings. The van der Waals surface area contributed by atoms with E-state index in [9.17, 15) is 4.79 Å². The van der Waals surface area contributed by atoms with Crippen LogP contribution in [0.15, 0.2) is 41.8 Å². The Morgan fingerprint density at radius 1 is 1.26 bits per heavy atom. The highest BCUT2D eigenvalue weighted by Crippen LogP contribution is 2.27. The molecular weight excluding hydrogens is 308 g/mol. The summed E-state index contributed by atoms with van der Waals surface area (Å²) in [5.74, 6) is 0.725. The number of thiophene rings is 1. The minimum atomic E-state index is -0.0339. The number of benzene rings is 1. The van der Waals surface area contributed by atoms with Crippen molar-refractivity contribution in [3.8, 4) is 5.75 Å². The van der Waals surface area contributed by atoms with Gasteiger partial charge in [-0.3, -0.25) is 9.69 Å². The molecule has 4 nitrogen and oxygen atoms in total. The molecule has 0 radical (unpaired) electrons. The maximum absolute atomic E-state index is 12.4. The first-order chi connectivity index (χ1) is 11.3. The fourth-order valence-corrected chi connectivity index (χ4v) is 3.84. The Kier molecular flexibility index (Phi) is 5.31. The van der Waals surface area contributed by atoms with Crippen molar-refractivity contribution in [2.45, 2.75) is 18.9 Å². The zero-order chi connectivity index (χ0) is 16.1. The van der Waals surface area contributed by atoms with E-state index >= 15 is 0 Å². The fraction of sp³-hybridized carbons (Fsp3) is 0.389. The van der Waals surface area contributed by atoms with Gasteiger partial charge in [0, 0.05) is 17.0 Å². The first-order valence-electron chi connectivity index (χ1n) is 7.97. The molecule has 1 fully saturated rings. The zero-order valence-corrected chi connectivity index (χ0v) is 14.1. The maximum atomic E-state index is 12.4. The van der Waals surface area contributed by atoms with Gasteiger partial charge in [0.05, 0.1) is 13.2 Å². The Morgan fingerprint density at radius 3 is 2.61 bits per heavy atom. The molecule has 0 unspecified atom stereocenters. The molecule has 23 heavy (non-hydrogen) atoms. The summed E-state index contributed by atoms with van der Waals surface area (Å²) in [7, 11) is 1.62. The van der Waals surface area contributed by atoms with Crippen LogP contribution < -0.4 is 10.1 Å². The Bertz CT molecular complexity index is 619. The lowest BCUT2D eigenvalue weighted by molar-refractivity contribution is 0.0938. The number of carbonyl (C=O) groups is 1. The number of ether oxygens (including phenoxy) is 1. The van der Waals surface area contributed by atoms with Gasteiger partial charge < -0.3 is 10.1 Å². The van der Waals surface area contributed by atoms with Crippen LogP contribution in [0.4, 0.5) is 0 Å². The number of hydrogen-bond acceptors (Lipinski definition) is 4. The van der Waals surface area contributed by atoms with Gasteiger partial charge in [-0.1, -0.05) is 6.07 Å². The molecule has 1 aromatic heterocycles. The van der Waals surface area contributed by atoms with Gasteiger partial charge >= 0.3 is 0 Å². The zero-order valence-electron chi connectivity index (χ0n) is 13.3. The van der Waals surface area contributed by atoms with Crippen LogP contribution in [0.25, 0.3) is 0 Å². The molecule has 3 rings (SSSR count). The number of methoxy groups -OCH3 is 1. The summed E-state index contributed by atoms with van der Waals surface area (Å²) in [6.45, 7) is 2.87. The molecule has 2 heterocycles. The Balaban J connectivity index is 1.64. The van der Waals surface area contributed by atoms with Crippen LogP contribution in [-0.4, -0.2) is 37.6 Å². The lowest BCUT2D eigenvalue weighted by Gasteiger charge is -2.26. The smallest absolute Gasteiger partial charge is 0.251 e. The first kappa shape index (κ1) is 16.0. The van der Waals surface area contributed by atoms with Crippen molar-refractivity contribution in [2.75, 3.05) is 26.7 Å². The molecule has 122 valence electrons. The van der Waals surface area contributed by atoms with E-state index in [1.165, 1.54) is 17.7 Å². The summed E-state index contributed by atoms with van der Waals surface area (Å²) < 4.78 is 5.13. The lowest BCUT2D eigenvalue weighted by Crippen LogP contribution is -2.36. The summed E-state index contributed by atoms with van der Waals surface area (Å²) in [4.78, 5) is 16.2. The van der Waals surface area contributed by atoms with Crippen LogP contribution in [0.5, 0.6) is 5.75 Å². The molecule has 5 heteroatoms. The van der Waals surface area contributed by atoms with Crippen LogP contribution >= 0.6 is 11.3 Å². The highest BCUT2D eigenvalue weighted by atomic mass is 32.1. The van der Waals surface area contributed by atoms with Gasteiger partial charge in [0.25, 0.3) is 5.91 Å². The minimum absolute atomic E-state index is 0.0339. The molecule has 0 saturated carbocycles. The average Bonchev–Trinajstić information content (AvgIpc) is 3.29. The Hall–Kier alpha value is -1.85. The van der Waals surface area contributed by atoms with Crippen LogP contribution in [-0.2, 0) is 0 Å². The predicted molar refractivity (Wildman–Crippen MR) is 93.2 cm³/mol. The van der Waals surface area contributed by atoms with E-state index in [0.717, 1.165) is 18.8 Å². The van der Waals surface area contributed by atoms with Crippen molar-refractivity contribution in [3.05, 3.63) is 52.2 Å². The molecular formula is C18H22N2O2S. The normalized spacial score (nSPS) is 16.2. The number of hydrogen-bond donors (Lipinski definition) is 1. The maximum Gasteiger partial charge on any atom is 0.251 e. The Morgan fingerprint density at radius 2 is 2.00 bits per heavy atom. The topological polar surface area (TPSA) is 41.6 Å². The molecule has 1 saturated heterocycles. The lowest BCUT2D eigenvalue weighted by atomic mass is 10.1. The van der Waals surface area contributed by atoms with E-state index in [0.29, 0.717) is 12.1 Å². The van der Waals surface area contributed by atoms with E-state index in [4.69, 9.17) is 4.74 Å². The largest absolute Gasteiger partial charge is 0.497 e. The van der Waals surface area contributed by atoms with Gasteiger partial charge in [0.2, 0.25) is 0 Å². The molecule has 1 atom stereocenters. The number of nitrogens with one attached hydrogen (secondary N) is 1. The minimum Gasteiger partial charge on any atom is -0.497 e. The van der Waals surface area contributed by atoms with Crippen molar-refractivity contribution >= 4 is 17.2 Å². The summed E-state index contributed by atoms with van der Waals surface area (Å²) in [6.07, 6.45) is 2.49. The molecule has 0 aliphatic carbocycles. The quantitative estimate of drug-likeness (QED) is 0.883. The Labute approximate surface area is 141 Å². The summed E-state index contributed by atoms with van der Waals surface area (Å²) in [6, 6.07) is 11.7. The number of carbonyl (C=O) groups excluding carboxylic acids is 1. The molecule has 0 spiro atoms. The second-order valence-corrected chi connectivity index (χ2v) is 6.69. The number of likely N-dealkylation sites (tertiary alicyclic amines) is 1. The van der Waals surface area contributed by atoms with Crippen molar-refractivity contribution in [1.29, 1.82) is 0 Å². The van der Waals surface area contributed by atoms with E-state index in [1.54, 1.807) is 30.6 Å². The molecule has 1 aliphatic heterocycles. The van der Waals surface area contributed by atoms with E-state index < -0.39 is 0 Å². The van der Waals surface area contributed by atoms with Crippen LogP contribution in [0.1, 0.15) is 34.1 Å². The third-order valence-corrected chi connectivity index (χ3v) is 5.23. The molecule has 1 aromatic carbocycles. The fourth-order valence-electron chi connectivity index (χ4n) is 2.98. The summed E-state index contributed by atoms with van der Waals surface area (Å²) in [5.41, 5.74) is 0.664. The number of nitrogens with zero attached hydrogens (tertiary/aromatic N) is 1. The standard InChI is InChI=1S/C18H22N2O2S/c1-22-15-8-6-14(7-9-15)18(21)19-13-16(17-5-4-12-23-17)20-10-2-3-11-20/h4-9,12,16H,2-3,10-11,13H2,1H3,(H,19,21)/t16-/m0/s1. The van der Waals surface area contributed by atoms with Gasteiger partial charge in [-0.25, -0.2) is 0 Å². The highest BCUT2D eigenvalue weighted by molar-refractivity contribution is 7.10. The van der Waals surface area contributed by atoms with Gasteiger partial charge in [-0.05, 0) is 61.6 Å². The predicted octanol–water partition coefficient (Wildman–Crippen LogP) is 3.32. The molecule has 1 N–H and O–H groups in total. The molecule has 0 bridgehead atoms. The number of amides is 1. The van der Waals surface area contributed by atoms with Crippen molar-refractivity contribution in [1.82, 2.24) is 10.2 Å². The van der Waals surface area contributed by atoms with Crippen LogP contribution in [0.2, 0.25) is 0 Å². The second-order valence-electron chi connectivity index (χ2n) is 5.71. The highest BCUT2D eigenvalue weighted by Gasteiger charge is 2.24. The van der Waals surface area contributed by atoms with E-state index in [-0.39, 0.29) is 11.9 Å². The van der Waals surface area contributed by atoms with E-state index in [1.807, 2.05) is 12.1 Å². The average molecular weight is 330 g/mol. The van der Waals surface area contributed by atoms with Gasteiger partial charge in [0.1, 0.15) is 5.75 Å². The molecule has 1 aliphatic rings. The third kappa shape index (κ3) is 3.92. The van der Waals surface area contributed by atoms with Crippen molar-refractivity contribution in [3.63, 3.8) is 0 Å². The van der Waals surface area contributed by atoms with Gasteiger partial charge in [-0.2, -0.15) is 0 Å². The monoisotopic (exact) mass is 330 g/mol. The molecule has 1 amide bonds. The van der Waals surface area contributed by atoms with Gasteiger partial charge in [-0.15, -0.1) is 11.3 Å². The number of rotatable bonds is 6. The van der Waals surface area contributed by atoms with Crippen molar-refractivity contribution in [2.24, 2.45) is 0 Å². The van der Waals surface area contributed by atoms with Crippen LogP contribution in [0, 0.1) is 0 Å². The second kappa shape index (κ2) is 7.62. The summed E-state index contributed by atoms with van der Waals surface area (Å²) >= 11 is 1.76. The third-order valence-electron chi connectivity index (χ3n) is 4.26. The van der Waals surface area contributed by atoms with Crippen molar-refractivity contribution < 1.29 is 9.53 Å². The van der Waals surface area contributed by atoms with Gasteiger partial charge in [0.15, 0.2) is 0 Å². The summed E-state index contributed by atoms with van der Waals surface area (Å²) in [5, 5.41) is 5.19. The first-order valence-corrected chi connectivity index (χ1v) is 8.85. The SMILES string of the molecule is COc1ccc(C(=O)NC[C@@H](c2cccs2)N2CCCC2)cc1. The van der Waals surface area contributed by atoms with E-state index in [2.05, 4.69) is 27.7 Å². The van der Waals surface area contributed by atoms with Crippen LogP contribution in [0.3, 0.4) is 0 Å².